The summed E-state index contributed by atoms with van der Waals surface area (Å²) in [6.45, 7) is 1.43. The summed E-state index contributed by atoms with van der Waals surface area (Å²) < 4.78 is 0. The first-order chi connectivity index (χ1) is 9.15. The van der Waals surface area contributed by atoms with Crippen LogP contribution in [0.4, 0.5) is 11.4 Å². The first-order valence-electron chi connectivity index (χ1n) is 5.84. The smallest absolute Gasteiger partial charge is 0.229 e. The molecule has 0 fully saturated rings. The van der Waals surface area contributed by atoms with Crippen molar-refractivity contribution in [3.63, 3.8) is 0 Å². The molecule has 98 valence electrons. The highest BCUT2D eigenvalue weighted by atomic mass is 32.1. The second kappa shape index (κ2) is 6.15. The summed E-state index contributed by atoms with van der Waals surface area (Å²) in [4.78, 5) is 24.0. The number of anilines is 2. The molecular weight excluding hydrogens is 260 g/mol. The monoisotopic (exact) mass is 274 g/mol. The zero-order chi connectivity index (χ0) is 13.7. The lowest BCUT2D eigenvalue weighted by Gasteiger charge is -2.10. The summed E-state index contributed by atoms with van der Waals surface area (Å²) in [7, 11) is 0. The molecule has 0 saturated heterocycles. The quantitative estimate of drug-likeness (QED) is 0.900. The number of hydrogen-bond donors (Lipinski definition) is 2. The summed E-state index contributed by atoms with van der Waals surface area (Å²) in [5, 5.41) is 7.43. The third-order valence-corrected chi connectivity index (χ3v) is 3.30. The number of rotatable bonds is 4. The van der Waals surface area contributed by atoms with Crippen LogP contribution in [0.2, 0.25) is 0 Å². The number of carbonyl (C=O) groups excluding carboxylic acids is 2. The maximum absolute atomic E-state index is 11.9. The molecule has 4 nitrogen and oxygen atoms in total. The van der Waals surface area contributed by atoms with Gasteiger partial charge in [-0.15, -0.1) is 11.3 Å². The van der Waals surface area contributed by atoms with Crippen LogP contribution in [0.1, 0.15) is 11.8 Å². The van der Waals surface area contributed by atoms with Gasteiger partial charge in [0.2, 0.25) is 11.8 Å². The van der Waals surface area contributed by atoms with E-state index in [0.717, 1.165) is 4.88 Å². The maximum atomic E-state index is 11.9. The van der Waals surface area contributed by atoms with Crippen molar-refractivity contribution in [3.05, 3.63) is 46.7 Å². The number of hydrogen-bond acceptors (Lipinski definition) is 3. The van der Waals surface area contributed by atoms with E-state index in [1.807, 2.05) is 23.6 Å². The summed E-state index contributed by atoms with van der Waals surface area (Å²) >= 11 is 1.55. The predicted octanol–water partition coefficient (Wildman–Crippen LogP) is 2.89. The highest BCUT2D eigenvalue weighted by Crippen LogP contribution is 2.21. The summed E-state index contributed by atoms with van der Waals surface area (Å²) in [6.07, 6.45) is 0.339. The van der Waals surface area contributed by atoms with Crippen molar-refractivity contribution in [2.45, 2.75) is 13.3 Å². The van der Waals surface area contributed by atoms with E-state index in [2.05, 4.69) is 10.6 Å². The summed E-state index contributed by atoms with van der Waals surface area (Å²) in [5.41, 5.74) is 1.22. The molecular formula is C14H14N2O2S. The van der Waals surface area contributed by atoms with Crippen LogP contribution in [0.3, 0.4) is 0 Å². The fraction of sp³-hybridized carbons (Fsp3) is 0.143. The second-order valence-corrected chi connectivity index (χ2v) is 5.06. The van der Waals surface area contributed by atoms with Crippen LogP contribution < -0.4 is 10.6 Å². The Morgan fingerprint density at radius 2 is 1.74 bits per heavy atom. The van der Waals surface area contributed by atoms with Gasteiger partial charge in [0.05, 0.1) is 17.8 Å². The van der Waals surface area contributed by atoms with Gasteiger partial charge in [-0.25, -0.2) is 0 Å². The Balaban J connectivity index is 2.06. The maximum Gasteiger partial charge on any atom is 0.229 e. The van der Waals surface area contributed by atoms with E-state index in [1.165, 1.54) is 6.92 Å². The molecule has 0 atom stereocenters. The van der Waals surface area contributed by atoms with Crippen molar-refractivity contribution in [3.8, 4) is 0 Å². The minimum absolute atomic E-state index is 0.0970. The molecule has 1 aromatic carbocycles. The van der Waals surface area contributed by atoms with Crippen molar-refractivity contribution in [2.24, 2.45) is 0 Å². The SMILES string of the molecule is CC(=O)Nc1ccccc1NC(=O)Cc1cccs1. The molecule has 0 radical (unpaired) electrons. The molecule has 0 bridgehead atoms. The summed E-state index contributed by atoms with van der Waals surface area (Å²) in [6, 6.07) is 11.0. The van der Waals surface area contributed by atoms with E-state index >= 15 is 0 Å². The topological polar surface area (TPSA) is 58.2 Å². The van der Waals surface area contributed by atoms with Gasteiger partial charge in [-0.3, -0.25) is 9.59 Å². The predicted molar refractivity (Wildman–Crippen MR) is 77.4 cm³/mol. The Hall–Kier alpha value is -2.14. The standard InChI is InChI=1S/C14H14N2O2S/c1-10(17)15-12-6-2-3-7-13(12)16-14(18)9-11-5-4-8-19-11/h2-8H,9H2,1H3,(H,15,17)(H,16,18). The zero-order valence-electron chi connectivity index (χ0n) is 10.5. The van der Waals surface area contributed by atoms with Gasteiger partial charge in [0.25, 0.3) is 0 Å². The van der Waals surface area contributed by atoms with Crippen molar-refractivity contribution >= 4 is 34.5 Å². The summed E-state index contributed by atoms with van der Waals surface area (Å²) in [5.74, 6) is -0.264. The number of amides is 2. The fourth-order valence-corrected chi connectivity index (χ4v) is 2.36. The Morgan fingerprint density at radius 1 is 1.05 bits per heavy atom. The molecule has 2 aromatic rings. The van der Waals surface area contributed by atoms with E-state index in [1.54, 1.807) is 29.5 Å². The molecule has 0 aliphatic heterocycles. The molecule has 2 amide bonds. The van der Waals surface area contributed by atoms with Gasteiger partial charge in [0, 0.05) is 11.8 Å². The van der Waals surface area contributed by atoms with Crippen LogP contribution in [-0.4, -0.2) is 11.8 Å². The minimum atomic E-state index is -0.167. The van der Waals surface area contributed by atoms with E-state index in [-0.39, 0.29) is 11.8 Å². The van der Waals surface area contributed by atoms with Crippen LogP contribution in [0, 0.1) is 0 Å². The van der Waals surface area contributed by atoms with Gasteiger partial charge >= 0.3 is 0 Å². The van der Waals surface area contributed by atoms with E-state index in [0.29, 0.717) is 17.8 Å². The molecule has 0 aliphatic carbocycles. The van der Waals surface area contributed by atoms with Crippen LogP contribution >= 0.6 is 11.3 Å². The van der Waals surface area contributed by atoms with E-state index in [9.17, 15) is 9.59 Å². The van der Waals surface area contributed by atoms with Gasteiger partial charge in [-0.1, -0.05) is 18.2 Å². The molecule has 1 heterocycles. The van der Waals surface area contributed by atoms with Gasteiger partial charge in [0.15, 0.2) is 0 Å². The number of carbonyl (C=O) groups is 2. The van der Waals surface area contributed by atoms with Crippen molar-refractivity contribution in [1.29, 1.82) is 0 Å². The van der Waals surface area contributed by atoms with Gasteiger partial charge < -0.3 is 10.6 Å². The normalized spacial score (nSPS) is 9.95. The molecule has 0 aliphatic rings. The largest absolute Gasteiger partial charge is 0.325 e. The Kier molecular flexibility index (Phi) is 4.30. The highest BCUT2D eigenvalue weighted by Gasteiger charge is 2.08. The van der Waals surface area contributed by atoms with E-state index in [4.69, 9.17) is 0 Å². The van der Waals surface area contributed by atoms with Crippen molar-refractivity contribution in [2.75, 3.05) is 10.6 Å². The van der Waals surface area contributed by atoms with Gasteiger partial charge in [0.1, 0.15) is 0 Å². The van der Waals surface area contributed by atoms with Crippen LogP contribution in [0.25, 0.3) is 0 Å². The Bertz CT molecular complexity index is 579. The van der Waals surface area contributed by atoms with Gasteiger partial charge in [-0.05, 0) is 23.6 Å². The molecule has 1 aromatic heterocycles. The first-order valence-corrected chi connectivity index (χ1v) is 6.72. The number of nitrogens with one attached hydrogen (secondary N) is 2. The minimum Gasteiger partial charge on any atom is -0.325 e. The Morgan fingerprint density at radius 3 is 2.32 bits per heavy atom. The fourth-order valence-electron chi connectivity index (χ4n) is 1.66. The Labute approximate surface area is 115 Å². The molecule has 0 unspecified atom stereocenters. The van der Waals surface area contributed by atoms with E-state index < -0.39 is 0 Å². The second-order valence-electron chi connectivity index (χ2n) is 4.03. The zero-order valence-corrected chi connectivity index (χ0v) is 11.3. The lowest BCUT2D eigenvalue weighted by atomic mass is 10.2. The van der Waals surface area contributed by atoms with Crippen molar-refractivity contribution in [1.82, 2.24) is 0 Å². The number of benzene rings is 1. The lowest BCUT2D eigenvalue weighted by Crippen LogP contribution is -2.16. The molecule has 19 heavy (non-hydrogen) atoms. The van der Waals surface area contributed by atoms with Gasteiger partial charge in [-0.2, -0.15) is 0 Å². The average molecular weight is 274 g/mol. The first kappa shape index (κ1) is 13.3. The van der Waals surface area contributed by atoms with Crippen LogP contribution in [-0.2, 0) is 16.0 Å². The highest BCUT2D eigenvalue weighted by molar-refractivity contribution is 7.10. The van der Waals surface area contributed by atoms with Crippen molar-refractivity contribution < 1.29 is 9.59 Å². The molecule has 5 heteroatoms. The third-order valence-electron chi connectivity index (χ3n) is 2.43. The number of thiophene rings is 1. The lowest BCUT2D eigenvalue weighted by molar-refractivity contribution is -0.116. The average Bonchev–Trinajstić information content (AvgIpc) is 2.83. The molecule has 2 N–H and O–H groups in total. The van der Waals surface area contributed by atoms with Crippen LogP contribution in [0.5, 0.6) is 0 Å². The molecule has 2 rings (SSSR count). The number of para-hydroxylation sites is 2. The van der Waals surface area contributed by atoms with Crippen LogP contribution in [0.15, 0.2) is 41.8 Å². The molecule has 0 spiro atoms. The molecule has 0 saturated carbocycles. The third kappa shape index (κ3) is 3.93.